The van der Waals surface area contributed by atoms with Crippen molar-refractivity contribution in [3.63, 3.8) is 0 Å². The number of benzene rings is 1. The summed E-state index contributed by atoms with van der Waals surface area (Å²) in [5.74, 6) is 0. The Hall–Kier alpha value is -0.340. The average molecular weight is 310 g/mol. The van der Waals surface area contributed by atoms with E-state index < -0.39 is 0 Å². The van der Waals surface area contributed by atoms with Crippen molar-refractivity contribution in [1.82, 2.24) is 4.90 Å². The second-order valence-electron chi connectivity index (χ2n) is 6.69. The van der Waals surface area contributed by atoms with E-state index in [1.165, 1.54) is 24.8 Å². The van der Waals surface area contributed by atoms with E-state index in [0.29, 0.717) is 11.1 Å². The van der Waals surface area contributed by atoms with Crippen molar-refractivity contribution in [2.75, 3.05) is 0 Å². The van der Waals surface area contributed by atoms with Gasteiger partial charge in [0.25, 0.3) is 0 Å². The van der Waals surface area contributed by atoms with Crippen LogP contribution in [0.4, 0.5) is 0 Å². The van der Waals surface area contributed by atoms with E-state index in [0.717, 1.165) is 11.0 Å². The van der Waals surface area contributed by atoms with Crippen molar-refractivity contribution in [1.29, 1.82) is 0 Å². The van der Waals surface area contributed by atoms with E-state index in [9.17, 15) is 0 Å². The third-order valence-electron chi connectivity index (χ3n) is 4.29. The molecule has 1 saturated heterocycles. The molecule has 0 atom stereocenters. The van der Waals surface area contributed by atoms with Gasteiger partial charge < -0.3 is 0 Å². The maximum absolute atomic E-state index is 3.50. The first-order chi connectivity index (χ1) is 8.31. The Bertz CT molecular complexity index is 390. The largest absolute Gasteiger partial charge is 0.289 e. The summed E-state index contributed by atoms with van der Waals surface area (Å²) in [6.45, 7) is 10.6. The average Bonchev–Trinajstić information content (AvgIpc) is 2.25. The maximum Gasteiger partial charge on any atom is 0.0244 e. The van der Waals surface area contributed by atoms with Gasteiger partial charge in [-0.1, -0.05) is 28.1 Å². The van der Waals surface area contributed by atoms with Gasteiger partial charge in [0.15, 0.2) is 0 Å². The third-order valence-corrected chi connectivity index (χ3v) is 4.82. The van der Waals surface area contributed by atoms with Gasteiger partial charge in [0.1, 0.15) is 0 Å². The molecule has 2 heteroatoms. The fourth-order valence-electron chi connectivity index (χ4n) is 3.24. The van der Waals surface area contributed by atoms with E-state index in [-0.39, 0.29) is 0 Å². The van der Waals surface area contributed by atoms with E-state index in [2.05, 4.69) is 72.8 Å². The van der Waals surface area contributed by atoms with Crippen molar-refractivity contribution >= 4 is 15.9 Å². The van der Waals surface area contributed by atoms with Gasteiger partial charge in [-0.3, -0.25) is 4.90 Å². The topological polar surface area (TPSA) is 3.24 Å². The molecule has 1 fully saturated rings. The quantitative estimate of drug-likeness (QED) is 0.743. The minimum atomic E-state index is 0.300. The first-order valence-electron chi connectivity index (χ1n) is 6.83. The lowest BCUT2D eigenvalue weighted by Crippen LogP contribution is -2.57. The first-order valence-corrected chi connectivity index (χ1v) is 7.63. The van der Waals surface area contributed by atoms with E-state index in [4.69, 9.17) is 0 Å². The fraction of sp³-hybridized carbons (Fsp3) is 0.625. The third kappa shape index (κ3) is 2.97. The van der Waals surface area contributed by atoms with Gasteiger partial charge in [-0.05, 0) is 64.7 Å². The zero-order chi connectivity index (χ0) is 13.4. The van der Waals surface area contributed by atoms with E-state index in [1.807, 2.05) is 0 Å². The van der Waals surface area contributed by atoms with Crippen molar-refractivity contribution in [2.24, 2.45) is 0 Å². The molecule has 1 aliphatic heterocycles. The molecule has 2 rings (SSSR count). The summed E-state index contributed by atoms with van der Waals surface area (Å²) in [4.78, 5) is 2.67. The van der Waals surface area contributed by atoms with Crippen LogP contribution in [0.25, 0.3) is 0 Å². The molecule has 0 aromatic heterocycles. The Morgan fingerprint density at radius 1 is 1.00 bits per heavy atom. The number of likely N-dealkylation sites (tertiary alicyclic amines) is 1. The van der Waals surface area contributed by atoms with Crippen molar-refractivity contribution in [3.05, 3.63) is 34.3 Å². The van der Waals surface area contributed by atoms with Crippen LogP contribution in [-0.2, 0) is 6.54 Å². The highest BCUT2D eigenvalue weighted by Crippen LogP contribution is 2.39. The van der Waals surface area contributed by atoms with Gasteiger partial charge in [-0.25, -0.2) is 0 Å². The zero-order valence-electron chi connectivity index (χ0n) is 12.0. The zero-order valence-corrected chi connectivity index (χ0v) is 13.5. The van der Waals surface area contributed by atoms with Crippen LogP contribution >= 0.6 is 15.9 Å². The molecule has 0 amide bonds. The Morgan fingerprint density at radius 3 is 2.00 bits per heavy atom. The SMILES string of the molecule is CC1(C)CCCC(C)(C)N1Cc1ccc(Br)cc1. The Balaban J connectivity index is 2.21. The summed E-state index contributed by atoms with van der Waals surface area (Å²) in [6.07, 6.45) is 3.94. The summed E-state index contributed by atoms with van der Waals surface area (Å²) >= 11 is 3.50. The highest BCUT2D eigenvalue weighted by Gasteiger charge is 2.40. The van der Waals surface area contributed by atoms with Crippen LogP contribution in [0, 0.1) is 0 Å². The number of rotatable bonds is 2. The smallest absolute Gasteiger partial charge is 0.0244 e. The molecule has 0 unspecified atom stereocenters. The second kappa shape index (κ2) is 4.97. The molecular weight excluding hydrogens is 286 g/mol. The lowest BCUT2D eigenvalue weighted by molar-refractivity contribution is -0.0340. The van der Waals surface area contributed by atoms with Crippen LogP contribution in [0.5, 0.6) is 0 Å². The molecule has 1 nitrogen and oxygen atoms in total. The molecule has 100 valence electrons. The summed E-state index contributed by atoms with van der Waals surface area (Å²) in [7, 11) is 0. The summed E-state index contributed by atoms with van der Waals surface area (Å²) in [5.41, 5.74) is 2.00. The molecule has 0 spiro atoms. The Labute approximate surface area is 120 Å². The molecule has 1 heterocycles. The summed E-state index contributed by atoms with van der Waals surface area (Å²) < 4.78 is 1.16. The predicted molar refractivity (Wildman–Crippen MR) is 81.7 cm³/mol. The highest BCUT2D eigenvalue weighted by molar-refractivity contribution is 9.10. The van der Waals surface area contributed by atoms with Gasteiger partial charge in [0, 0.05) is 22.1 Å². The second-order valence-corrected chi connectivity index (χ2v) is 7.61. The number of nitrogens with zero attached hydrogens (tertiary/aromatic N) is 1. The van der Waals surface area contributed by atoms with E-state index >= 15 is 0 Å². The molecule has 0 N–H and O–H groups in total. The van der Waals surface area contributed by atoms with Crippen molar-refractivity contribution < 1.29 is 0 Å². The molecular formula is C16H24BrN. The van der Waals surface area contributed by atoms with Crippen molar-refractivity contribution in [2.45, 2.75) is 64.6 Å². The van der Waals surface area contributed by atoms with Crippen LogP contribution < -0.4 is 0 Å². The van der Waals surface area contributed by atoms with Gasteiger partial charge in [0.2, 0.25) is 0 Å². The first kappa shape index (κ1) is 14.1. The van der Waals surface area contributed by atoms with Gasteiger partial charge in [0.05, 0.1) is 0 Å². The van der Waals surface area contributed by atoms with Crippen LogP contribution in [0.1, 0.15) is 52.5 Å². The highest BCUT2D eigenvalue weighted by atomic mass is 79.9. The lowest BCUT2D eigenvalue weighted by atomic mass is 9.79. The molecule has 0 bridgehead atoms. The number of halogens is 1. The van der Waals surface area contributed by atoms with Gasteiger partial charge >= 0.3 is 0 Å². The minimum absolute atomic E-state index is 0.300. The molecule has 18 heavy (non-hydrogen) atoms. The minimum Gasteiger partial charge on any atom is -0.289 e. The normalized spacial score (nSPS) is 22.9. The molecule has 0 aliphatic carbocycles. The van der Waals surface area contributed by atoms with E-state index in [1.54, 1.807) is 0 Å². The van der Waals surface area contributed by atoms with Gasteiger partial charge in [-0.15, -0.1) is 0 Å². The maximum atomic E-state index is 3.50. The van der Waals surface area contributed by atoms with Gasteiger partial charge in [-0.2, -0.15) is 0 Å². The van der Waals surface area contributed by atoms with Crippen LogP contribution in [-0.4, -0.2) is 16.0 Å². The lowest BCUT2D eigenvalue weighted by Gasteiger charge is -2.53. The monoisotopic (exact) mass is 309 g/mol. The van der Waals surface area contributed by atoms with Crippen LogP contribution in [0.3, 0.4) is 0 Å². The molecule has 1 aromatic carbocycles. The van der Waals surface area contributed by atoms with Crippen molar-refractivity contribution in [3.8, 4) is 0 Å². The van der Waals surface area contributed by atoms with Crippen LogP contribution in [0.15, 0.2) is 28.7 Å². The number of hydrogen-bond donors (Lipinski definition) is 0. The molecule has 0 saturated carbocycles. The number of piperidine rings is 1. The van der Waals surface area contributed by atoms with Crippen LogP contribution in [0.2, 0.25) is 0 Å². The standard InChI is InChI=1S/C16H24BrN/c1-15(2)10-5-11-16(3,4)18(15)12-13-6-8-14(17)9-7-13/h6-9H,5,10-12H2,1-4H3. The molecule has 1 aliphatic rings. The molecule has 0 radical (unpaired) electrons. The fourth-order valence-corrected chi connectivity index (χ4v) is 3.51. The Morgan fingerprint density at radius 2 is 1.50 bits per heavy atom. The summed E-state index contributed by atoms with van der Waals surface area (Å²) in [6, 6.07) is 8.73. The Kier molecular flexibility index (Phi) is 3.89. The molecule has 1 aromatic rings. The predicted octanol–water partition coefficient (Wildman–Crippen LogP) is 4.99. The number of hydrogen-bond acceptors (Lipinski definition) is 1. The summed E-state index contributed by atoms with van der Waals surface area (Å²) in [5, 5.41) is 0.